The van der Waals surface area contributed by atoms with Gasteiger partial charge in [0.1, 0.15) is 0 Å². The molecule has 0 amide bonds. The van der Waals surface area contributed by atoms with Crippen molar-refractivity contribution in [3.63, 3.8) is 0 Å². The number of anilines is 1. The Hall–Kier alpha value is -1.72. The number of hydrogen-bond acceptors (Lipinski definition) is 4. The molecule has 1 unspecified atom stereocenters. The Labute approximate surface area is 133 Å². The highest BCUT2D eigenvalue weighted by atomic mass is 35.5. The third-order valence-corrected chi connectivity index (χ3v) is 4.69. The molecule has 1 heterocycles. The molecule has 3 N–H and O–H groups in total. The Bertz CT molecular complexity index is 628. The van der Waals surface area contributed by atoms with Crippen LogP contribution in [0.5, 0.6) is 0 Å². The Morgan fingerprint density at radius 3 is 2.81 bits per heavy atom. The zero-order valence-electron chi connectivity index (χ0n) is 12.0. The number of nitrogens with zero attached hydrogens (tertiary/aromatic N) is 2. The molecule has 1 atom stereocenters. The molecular weight excluding hydrogens is 306 g/mol. The van der Waals surface area contributed by atoms with Crippen molar-refractivity contribution in [2.75, 3.05) is 11.9 Å². The first-order valence-electron chi connectivity index (χ1n) is 6.55. The molecule has 0 saturated heterocycles. The SMILES string of the molecule is CC(Cc1cccs1)N(C)c1ccc(C(N)=NO)c(Cl)c1. The van der Waals surface area contributed by atoms with E-state index in [2.05, 4.69) is 34.5 Å². The fourth-order valence-electron chi connectivity index (χ4n) is 2.10. The molecule has 4 nitrogen and oxygen atoms in total. The van der Waals surface area contributed by atoms with Gasteiger partial charge in [-0.05, 0) is 36.6 Å². The smallest absolute Gasteiger partial charge is 0.171 e. The monoisotopic (exact) mass is 323 g/mol. The Morgan fingerprint density at radius 2 is 2.24 bits per heavy atom. The average molecular weight is 324 g/mol. The van der Waals surface area contributed by atoms with E-state index in [0.717, 1.165) is 12.1 Å². The van der Waals surface area contributed by atoms with E-state index in [1.807, 2.05) is 19.2 Å². The van der Waals surface area contributed by atoms with Crippen LogP contribution >= 0.6 is 22.9 Å². The Balaban J connectivity index is 2.15. The van der Waals surface area contributed by atoms with Gasteiger partial charge in [-0.15, -0.1) is 11.3 Å². The summed E-state index contributed by atoms with van der Waals surface area (Å²) < 4.78 is 0. The minimum Gasteiger partial charge on any atom is -0.409 e. The predicted molar refractivity (Wildman–Crippen MR) is 89.9 cm³/mol. The molecule has 2 aromatic rings. The van der Waals surface area contributed by atoms with Crippen LogP contribution in [0.1, 0.15) is 17.4 Å². The number of halogens is 1. The summed E-state index contributed by atoms with van der Waals surface area (Å²) in [4.78, 5) is 3.52. The summed E-state index contributed by atoms with van der Waals surface area (Å²) in [5, 5.41) is 14.3. The van der Waals surface area contributed by atoms with E-state index in [0.29, 0.717) is 16.6 Å². The number of thiophene rings is 1. The highest BCUT2D eigenvalue weighted by Crippen LogP contribution is 2.25. The molecule has 112 valence electrons. The van der Waals surface area contributed by atoms with Gasteiger partial charge in [0.25, 0.3) is 0 Å². The van der Waals surface area contributed by atoms with E-state index < -0.39 is 0 Å². The van der Waals surface area contributed by atoms with Crippen molar-refractivity contribution in [3.05, 3.63) is 51.2 Å². The van der Waals surface area contributed by atoms with E-state index in [9.17, 15) is 0 Å². The predicted octanol–water partition coefficient (Wildman–Crippen LogP) is 3.56. The summed E-state index contributed by atoms with van der Waals surface area (Å²) in [5.41, 5.74) is 7.10. The van der Waals surface area contributed by atoms with E-state index >= 15 is 0 Å². The van der Waals surface area contributed by atoms with Gasteiger partial charge in [-0.1, -0.05) is 22.8 Å². The van der Waals surface area contributed by atoms with E-state index in [-0.39, 0.29) is 5.84 Å². The molecule has 0 saturated carbocycles. The van der Waals surface area contributed by atoms with E-state index in [4.69, 9.17) is 22.5 Å². The van der Waals surface area contributed by atoms with Crippen molar-refractivity contribution in [1.82, 2.24) is 0 Å². The van der Waals surface area contributed by atoms with E-state index in [1.165, 1.54) is 4.88 Å². The van der Waals surface area contributed by atoms with Crippen LogP contribution in [-0.2, 0) is 6.42 Å². The molecule has 0 aliphatic rings. The Morgan fingerprint density at radius 1 is 1.48 bits per heavy atom. The lowest BCUT2D eigenvalue weighted by molar-refractivity contribution is 0.318. The van der Waals surface area contributed by atoms with Crippen LogP contribution in [-0.4, -0.2) is 24.1 Å². The van der Waals surface area contributed by atoms with Crippen LogP contribution in [0.4, 0.5) is 5.69 Å². The maximum absolute atomic E-state index is 8.72. The number of nitrogens with two attached hydrogens (primary N) is 1. The molecule has 0 aliphatic carbocycles. The lowest BCUT2D eigenvalue weighted by atomic mass is 10.1. The quantitative estimate of drug-likeness (QED) is 0.383. The zero-order chi connectivity index (χ0) is 15.4. The number of likely N-dealkylation sites (N-methyl/N-ethyl adjacent to an activating group) is 1. The summed E-state index contributed by atoms with van der Waals surface area (Å²) in [5.74, 6) is 0.0147. The summed E-state index contributed by atoms with van der Waals surface area (Å²) in [6.45, 7) is 2.17. The molecule has 0 radical (unpaired) electrons. The van der Waals surface area contributed by atoms with Crippen LogP contribution in [0.25, 0.3) is 0 Å². The fourth-order valence-corrected chi connectivity index (χ4v) is 3.19. The van der Waals surface area contributed by atoms with E-state index in [1.54, 1.807) is 17.4 Å². The van der Waals surface area contributed by atoms with Gasteiger partial charge in [-0.25, -0.2) is 0 Å². The first kappa shape index (κ1) is 15.7. The summed E-state index contributed by atoms with van der Waals surface area (Å²) in [6.07, 6.45) is 0.980. The molecule has 2 rings (SSSR count). The standard InChI is InChI=1S/C15H18ClN3OS/c1-10(8-12-4-3-7-21-12)19(2)11-5-6-13(14(16)9-11)15(17)18-20/h3-7,9-10,20H,8H2,1-2H3,(H2,17,18). The molecular formula is C15H18ClN3OS. The van der Waals surface area contributed by atoms with Crippen molar-refractivity contribution < 1.29 is 5.21 Å². The maximum atomic E-state index is 8.72. The highest BCUT2D eigenvalue weighted by molar-refractivity contribution is 7.09. The number of oxime groups is 1. The summed E-state index contributed by atoms with van der Waals surface area (Å²) in [6, 6.07) is 10.1. The van der Waals surface area contributed by atoms with Crippen molar-refractivity contribution in [1.29, 1.82) is 0 Å². The van der Waals surface area contributed by atoms with Crippen LogP contribution in [0.3, 0.4) is 0 Å². The number of amidine groups is 1. The molecule has 0 spiro atoms. The van der Waals surface area contributed by atoms with Crippen molar-refractivity contribution in [2.24, 2.45) is 10.9 Å². The molecule has 1 aromatic heterocycles. The minimum absolute atomic E-state index is 0.0147. The van der Waals surface area contributed by atoms with Gasteiger partial charge in [-0.2, -0.15) is 0 Å². The molecule has 0 aliphatic heterocycles. The summed E-state index contributed by atoms with van der Waals surface area (Å²) in [7, 11) is 2.03. The van der Waals surface area contributed by atoms with Crippen molar-refractivity contribution in [2.45, 2.75) is 19.4 Å². The Kier molecular flexibility index (Phi) is 5.09. The summed E-state index contributed by atoms with van der Waals surface area (Å²) >= 11 is 7.96. The van der Waals surface area contributed by atoms with Crippen molar-refractivity contribution >= 4 is 34.5 Å². The molecule has 1 aromatic carbocycles. The van der Waals surface area contributed by atoms with Gasteiger partial charge in [0, 0.05) is 35.6 Å². The zero-order valence-corrected chi connectivity index (χ0v) is 13.5. The topological polar surface area (TPSA) is 61.8 Å². The van der Waals surface area contributed by atoms with Crippen LogP contribution < -0.4 is 10.6 Å². The minimum atomic E-state index is 0.0147. The molecule has 0 bridgehead atoms. The van der Waals surface area contributed by atoms with Gasteiger partial charge in [-0.3, -0.25) is 0 Å². The van der Waals surface area contributed by atoms with Crippen LogP contribution in [0.2, 0.25) is 5.02 Å². The number of rotatable bonds is 5. The van der Waals surface area contributed by atoms with Crippen LogP contribution in [0, 0.1) is 0 Å². The molecule has 6 heteroatoms. The number of benzene rings is 1. The second kappa shape index (κ2) is 6.83. The lowest BCUT2D eigenvalue weighted by Crippen LogP contribution is -2.30. The average Bonchev–Trinajstić information content (AvgIpc) is 2.98. The maximum Gasteiger partial charge on any atom is 0.171 e. The third kappa shape index (κ3) is 3.68. The first-order chi connectivity index (χ1) is 10.0. The number of hydrogen-bond donors (Lipinski definition) is 2. The molecule has 21 heavy (non-hydrogen) atoms. The van der Waals surface area contributed by atoms with Crippen LogP contribution in [0.15, 0.2) is 40.9 Å². The van der Waals surface area contributed by atoms with Gasteiger partial charge in [0.2, 0.25) is 0 Å². The lowest BCUT2D eigenvalue weighted by Gasteiger charge is -2.27. The van der Waals surface area contributed by atoms with Gasteiger partial charge < -0.3 is 15.8 Å². The highest BCUT2D eigenvalue weighted by Gasteiger charge is 2.14. The van der Waals surface area contributed by atoms with Gasteiger partial charge >= 0.3 is 0 Å². The van der Waals surface area contributed by atoms with Crippen molar-refractivity contribution in [3.8, 4) is 0 Å². The normalized spacial score (nSPS) is 13.2. The van der Waals surface area contributed by atoms with Gasteiger partial charge in [0.05, 0.1) is 5.02 Å². The second-order valence-electron chi connectivity index (χ2n) is 4.89. The largest absolute Gasteiger partial charge is 0.409 e. The third-order valence-electron chi connectivity index (χ3n) is 3.48. The second-order valence-corrected chi connectivity index (χ2v) is 6.33. The first-order valence-corrected chi connectivity index (χ1v) is 7.81. The molecule has 0 fully saturated rings. The fraction of sp³-hybridized carbons (Fsp3) is 0.267. The van der Waals surface area contributed by atoms with Gasteiger partial charge in [0.15, 0.2) is 5.84 Å².